The molecule has 1 N–H and O–H groups in total. The standard InChI is InChI=1S/C17H15ClFNO3/c1-10(21)12-3-6-14(7-4-12)23-11(2)17(22)20-16-8-5-13(18)9-15(16)19/h3-9,11H,1-2H3,(H,20,22). The SMILES string of the molecule is CC(=O)c1ccc(OC(C)C(=O)Nc2ccc(Cl)cc2F)cc1. The van der Waals surface area contributed by atoms with Crippen molar-refractivity contribution in [3.05, 3.63) is 58.9 Å². The number of anilines is 1. The Labute approximate surface area is 138 Å². The molecule has 0 aliphatic heterocycles. The normalized spacial score (nSPS) is 11.7. The monoisotopic (exact) mass is 335 g/mol. The van der Waals surface area contributed by atoms with Crippen LogP contribution in [0, 0.1) is 5.82 Å². The van der Waals surface area contributed by atoms with Gasteiger partial charge in [0.05, 0.1) is 5.69 Å². The van der Waals surface area contributed by atoms with Crippen molar-refractivity contribution in [3.63, 3.8) is 0 Å². The van der Waals surface area contributed by atoms with E-state index in [0.29, 0.717) is 11.3 Å². The molecule has 0 heterocycles. The van der Waals surface area contributed by atoms with E-state index in [1.165, 1.54) is 19.1 Å². The molecule has 1 atom stereocenters. The van der Waals surface area contributed by atoms with Gasteiger partial charge in [-0.05, 0) is 56.3 Å². The van der Waals surface area contributed by atoms with Crippen LogP contribution in [0.4, 0.5) is 10.1 Å². The van der Waals surface area contributed by atoms with Crippen LogP contribution in [-0.2, 0) is 4.79 Å². The zero-order valence-electron chi connectivity index (χ0n) is 12.6. The summed E-state index contributed by atoms with van der Waals surface area (Å²) in [6.45, 7) is 3.01. The Morgan fingerprint density at radius 2 is 1.83 bits per heavy atom. The first-order valence-electron chi connectivity index (χ1n) is 6.90. The fourth-order valence-electron chi connectivity index (χ4n) is 1.85. The molecule has 1 unspecified atom stereocenters. The number of amides is 1. The number of rotatable bonds is 5. The molecule has 0 aliphatic rings. The minimum atomic E-state index is -0.840. The van der Waals surface area contributed by atoms with E-state index in [1.54, 1.807) is 31.2 Å². The second-order valence-corrected chi connectivity index (χ2v) is 5.39. The van der Waals surface area contributed by atoms with E-state index in [4.69, 9.17) is 16.3 Å². The van der Waals surface area contributed by atoms with Gasteiger partial charge in [-0.3, -0.25) is 9.59 Å². The summed E-state index contributed by atoms with van der Waals surface area (Å²) in [7, 11) is 0. The molecular weight excluding hydrogens is 321 g/mol. The van der Waals surface area contributed by atoms with Crippen molar-refractivity contribution in [2.75, 3.05) is 5.32 Å². The average molecular weight is 336 g/mol. The summed E-state index contributed by atoms with van der Waals surface area (Å²) in [5.74, 6) is -0.736. The lowest BCUT2D eigenvalue weighted by Gasteiger charge is -2.15. The number of hydrogen-bond acceptors (Lipinski definition) is 3. The van der Waals surface area contributed by atoms with E-state index in [1.807, 2.05) is 0 Å². The van der Waals surface area contributed by atoms with Crippen molar-refractivity contribution < 1.29 is 18.7 Å². The van der Waals surface area contributed by atoms with Gasteiger partial charge in [-0.15, -0.1) is 0 Å². The van der Waals surface area contributed by atoms with Gasteiger partial charge in [-0.2, -0.15) is 0 Å². The van der Waals surface area contributed by atoms with Crippen molar-refractivity contribution in [1.29, 1.82) is 0 Å². The Balaban J connectivity index is 2.00. The van der Waals surface area contributed by atoms with Crippen molar-refractivity contribution >= 4 is 29.0 Å². The highest BCUT2D eigenvalue weighted by atomic mass is 35.5. The molecule has 2 rings (SSSR count). The summed E-state index contributed by atoms with van der Waals surface area (Å²) >= 11 is 5.66. The van der Waals surface area contributed by atoms with E-state index in [0.717, 1.165) is 6.07 Å². The van der Waals surface area contributed by atoms with Crippen LogP contribution in [0.25, 0.3) is 0 Å². The molecule has 0 fully saturated rings. The Morgan fingerprint density at radius 1 is 1.17 bits per heavy atom. The molecule has 0 saturated carbocycles. The minimum Gasteiger partial charge on any atom is -0.481 e. The Morgan fingerprint density at radius 3 is 2.39 bits per heavy atom. The first-order chi connectivity index (χ1) is 10.9. The number of halogens is 2. The zero-order chi connectivity index (χ0) is 17.0. The second-order valence-electron chi connectivity index (χ2n) is 4.95. The van der Waals surface area contributed by atoms with Crippen molar-refractivity contribution in [2.24, 2.45) is 0 Å². The highest BCUT2D eigenvalue weighted by molar-refractivity contribution is 6.30. The smallest absolute Gasteiger partial charge is 0.265 e. The third kappa shape index (κ3) is 4.53. The number of benzene rings is 2. The highest BCUT2D eigenvalue weighted by Gasteiger charge is 2.16. The molecule has 120 valence electrons. The molecular formula is C17H15ClFNO3. The van der Waals surface area contributed by atoms with Crippen molar-refractivity contribution in [2.45, 2.75) is 20.0 Å². The molecule has 0 radical (unpaired) electrons. The number of carbonyl (C=O) groups excluding carboxylic acids is 2. The van der Waals surface area contributed by atoms with Crippen LogP contribution in [0.2, 0.25) is 5.02 Å². The topological polar surface area (TPSA) is 55.4 Å². The first-order valence-corrected chi connectivity index (χ1v) is 7.28. The minimum absolute atomic E-state index is 0.0294. The van der Waals surface area contributed by atoms with Gasteiger partial charge in [0.25, 0.3) is 5.91 Å². The predicted molar refractivity (Wildman–Crippen MR) is 86.6 cm³/mol. The van der Waals surface area contributed by atoms with Gasteiger partial charge in [-0.1, -0.05) is 11.6 Å². The van der Waals surface area contributed by atoms with Crippen LogP contribution in [0.15, 0.2) is 42.5 Å². The maximum atomic E-state index is 13.6. The van der Waals surface area contributed by atoms with Crippen LogP contribution in [0.3, 0.4) is 0 Å². The largest absolute Gasteiger partial charge is 0.481 e. The quantitative estimate of drug-likeness (QED) is 0.837. The fourth-order valence-corrected chi connectivity index (χ4v) is 2.01. The van der Waals surface area contributed by atoms with Gasteiger partial charge >= 0.3 is 0 Å². The molecule has 6 heteroatoms. The number of ketones is 1. The summed E-state index contributed by atoms with van der Waals surface area (Å²) in [5.41, 5.74) is 0.583. The van der Waals surface area contributed by atoms with Crippen molar-refractivity contribution in [1.82, 2.24) is 0 Å². The number of carbonyl (C=O) groups is 2. The zero-order valence-corrected chi connectivity index (χ0v) is 13.4. The lowest BCUT2D eigenvalue weighted by molar-refractivity contribution is -0.122. The third-order valence-corrected chi connectivity index (χ3v) is 3.37. The van der Waals surface area contributed by atoms with Crippen LogP contribution in [-0.4, -0.2) is 17.8 Å². The summed E-state index contributed by atoms with van der Waals surface area (Å²) in [6.07, 6.45) is -0.840. The summed E-state index contributed by atoms with van der Waals surface area (Å²) in [4.78, 5) is 23.2. The van der Waals surface area contributed by atoms with Crippen LogP contribution in [0.1, 0.15) is 24.2 Å². The van der Waals surface area contributed by atoms with Gasteiger partial charge in [0.15, 0.2) is 11.9 Å². The molecule has 1 amide bonds. The number of hydrogen-bond donors (Lipinski definition) is 1. The van der Waals surface area contributed by atoms with Gasteiger partial charge in [0.2, 0.25) is 0 Å². The molecule has 23 heavy (non-hydrogen) atoms. The van der Waals surface area contributed by atoms with Crippen LogP contribution >= 0.6 is 11.6 Å². The number of ether oxygens (including phenoxy) is 1. The molecule has 0 saturated heterocycles. The van der Waals surface area contributed by atoms with Gasteiger partial charge in [0, 0.05) is 10.6 Å². The summed E-state index contributed by atoms with van der Waals surface area (Å²) in [5, 5.41) is 2.68. The highest BCUT2D eigenvalue weighted by Crippen LogP contribution is 2.20. The molecule has 0 spiro atoms. The van der Waals surface area contributed by atoms with Crippen LogP contribution < -0.4 is 10.1 Å². The predicted octanol–water partition coefficient (Wildman–Crippen LogP) is 4.09. The molecule has 2 aromatic rings. The summed E-state index contributed by atoms with van der Waals surface area (Å²) < 4.78 is 19.1. The molecule has 0 aliphatic carbocycles. The van der Waals surface area contributed by atoms with E-state index < -0.39 is 17.8 Å². The van der Waals surface area contributed by atoms with Gasteiger partial charge < -0.3 is 10.1 Å². The van der Waals surface area contributed by atoms with E-state index >= 15 is 0 Å². The Kier molecular flexibility index (Phi) is 5.34. The van der Waals surface area contributed by atoms with E-state index in [2.05, 4.69) is 5.32 Å². The summed E-state index contributed by atoms with van der Waals surface area (Å²) in [6, 6.07) is 10.4. The van der Waals surface area contributed by atoms with Crippen molar-refractivity contribution in [3.8, 4) is 5.75 Å². The van der Waals surface area contributed by atoms with Crippen LogP contribution in [0.5, 0.6) is 5.75 Å². The lowest BCUT2D eigenvalue weighted by atomic mass is 10.1. The first kappa shape index (κ1) is 17.0. The van der Waals surface area contributed by atoms with E-state index in [-0.39, 0.29) is 16.5 Å². The molecule has 2 aromatic carbocycles. The maximum Gasteiger partial charge on any atom is 0.265 e. The molecule has 4 nitrogen and oxygen atoms in total. The Hall–Kier alpha value is -2.40. The average Bonchev–Trinajstić information content (AvgIpc) is 2.50. The molecule has 0 aromatic heterocycles. The van der Waals surface area contributed by atoms with Gasteiger partial charge in [-0.25, -0.2) is 4.39 Å². The lowest BCUT2D eigenvalue weighted by Crippen LogP contribution is -2.30. The molecule has 0 bridgehead atoms. The van der Waals surface area contributed by atoms with E-state index in [9.17, 15) is 14.0 Å². The van der Waals surface area contributed by atoms with Gasteiger partial charge in [0.1, 0.15) is 11.6 Å². The second kappa shape index (κ2) is 7.24. The fraction of sp³-hybridized carbons (Fsp3) is 0.176. The maximum absolute atomic E-state index is 13.6. The number of nitrogens with one attached hydrogen (secondary N) is 1. The Bertz CT molecular complexity index is 731. The number of Topliss-reactive ketones (excluding diaryl/α,β-unsaturated/α-hetero) is 1. The third-order valence-electron chi connectivity index (χ3n) is 3.13.